The molecule has 0 fully saturated rings. The van der Waals surface area contributed by atoms with Gasteiger partial charge in [-0.15, -0.1) is 0 Å². The summed E-state index contributed by atoms with van der Waals surface area (Å²) >= 11 is 0. The lowest BCUT2D eigenvalue weighted by molar-refractivity contribution is -0.417. The Morgan fingerprint density at radius 2 is 0.966 bits per heavy atom. The van der Waals surface area contributed by atoms with Gasteiger partial charge in [-0.1, -0.05) is 0 Å². The van der Waals surface area contributed by atoms with E-state index in [1.54, 1.807) is 0 Å². The van der Waals surface area contributed by atoms with Crippen molar-refractivity contribution in [3.8, 4) is 0 Å². The Morgan fingerprint density at radius 3 is 1.28 bits per heavy atom. The third-order valence-electron chi connectivity index (χ3n) is 3.50. The minimum atomic E-state index is -8.32. The summed E-state index contributed by atoms with van der Waals surface area (Å²) in [5, 5.41) is 0. The smallest absolute Gasteiger partial charge is 0.204 e. The van der Waals surface area contributed by atoms with E-state index in [1.807, 2.05) is 0 Å². The number of alkyl halides is 15. The molecular formula is C11F18. The van der Waals surface area contributed by atoms with Crippen LogP contribution >= 0.6 is 0 Å². The van der Waals surface area contributed by atoms with E-state index < -0.39 is 64.8 Å². The number of rotatable bonds is 4. The maximum absolute atomic E-state index is 13.6. The Bertz CT molecular complexity index is 742. The molecule has 170 valence electrons. The average molecular weight is 474 g/mol. The Kier molecular flexibility index (Phi) is 5.33. The van der Waals surface area contributed by atoms with Crippen LogP contribution in [0.5, 0.6) is 0 Å². The average Bonchev–Trinajstić information content (AvgIpc) is 2.62. The molecular weight excluding hydrogens is 474 g/mol. The highest BCUT2D eigenvalue weighted by molar-refractivity contribution is 5.55. The minimum absolute atomic E-state index is 4.28. The van der Waals surface area contributed by atoms with Gasteiger partial charge in [0.1, 0.15) is 5.57 Å². The summed E-state index contributed by atoms with van der Waals surface area (Å²) in [5.74, 6) is -50.7. The first-order valence-electron chi connectivity index (χ1n) is 6.15. The van der Waals surface area contributed by atoms with Crippen LogP contribution in [-0.4, -0.2) is 41.7 Å². The molecule has 0 aliphatic heterocycles. The molecule has 1 aliphatic carbocycles. The van der Waals surface area contributed by atoms with Gasteiger partial charge in [-0.2, -0.15) is 74.6 Å². The fourth-order valence-electron chi connectivity index (χ4n) is 1.96. The Morgan fingerprint density at radius 1 is 0.586 bits per heavy atom. The Balaban J connectivity index is 3.91. The molecule has 18 heteroatoms. The Hall–Kier alpha value is -1.78. The van der Waals surface area contributed by atoms with Gasteiger partial charge in [-0.05, 0) is 0 Å². The first-order valence-corrected chi connectivity index (χ1v) is 6.15. The zero-order valence-electron chi connectivity index (χ0n) is 12.3. The second-order valence-electron chi connectivity index (χ2n) is 5.27. The molecule has 0 saturated heterocycles. The van der Waals surface area contributed by atoms with Gasteiger partial charge in [-0.25, -0.2) is 4.39 Å². The van der Waals surface area contributed by atoms with E-state index in [1.165, 1.54) is 0 Å². The highest BCUT2D eigenvalue weighted by Gasteiger charge is 2.89. The fraction of sp³-hybridized carbons (Fsp3) is 0.636. The molecule has 0 aromatic carbocycles. The van der Waals surface area contributed by atoms with Gasteiger partial charge in [0, 0.05) is 0 Å². The van der Waals surface area contributed by atoms with Crippen molar-refractivity contribution in [3.05, 3.63) is 23.1 Å². The monoisotopic (exact) mass is 474 g/mol. The first-order chi connectivity index (χ1) is 12.3. The van der Waals surface area contributed by atoms with Crippen LogP contribution in [-0.2, 0) is 0 Å². The molecule has 0 heterocycles. The molecule has 0 bridgehead atoms. The van der Waals surface area contributed by atoms with Gasteiger partial charge in [-0.3, -0.25) is 0 Å². The third-order valence-corrected chi connectivity index (χ3v) is 3.50. The van der Waals surface area contributed by atoms with Gasteiger partial charge >= 0.3 is 41.7 Å². The number of halogens is 18. The standard InChI is InChI=1S/C11F18/c12-3-1(2(4(13)14)5(15,16)7(3,19)20)6(17,18)8(21,22)9(23,24)10(25,26)11(27,28)29. The van der Waals surface area contributed by atoms with Crippen molar-refractivity contribution in [2.75, 3.05) is 0 Å². The summed E-state index contributed by atoms with van der Waals surface area (Å²) in [4.78, 5) is 0. The van der Waals surface area contributed by atoms with E-state index in [-0.39, 0.29) is 0 Å². The quantitative estimate of drug-likeness (QED) is 0.396. The number of hydrogen-bond donors (Lipinski definition) is 0. The van der Waals surface area contributed by atoms with Crippen LogP contribution in [0.4, 0.5) is 79.0 Å². The molecule has 0 aromatic heterocycles. The second kappa shape index (κ2) is 6.12. The van der Waals surface area contributed by atoms with E-state index in [0.717, 1.165) is 0 Å². The van der Waals surface area contributed by atoms with Gasteiger partial charge in [0.05, 0.1) is 5.57 Å². The molecule has 0 atom stereocenters. The molecule has 0 radical (unpaired) electrons. The van der Waals surface area contributed by atoms with E-state index in [2.05, 4.69) is 0 Å². The normalized spacial score (nSPS) is 21.1. The molecule has 0 aromatic rings. The fourth-order valence-corrected chi connectivity index (χ4v) is 1.96. The largest absolute Gasteiger partial charge is 0.460 e. The highest BCUT2D eigenvalue weighted by Crippen LogP contribution is 2.65. The number of hydrogen-bond acceptors (Lipinski definition) is 0. The van der Waals surface area contributed by atoms with Crippen molar-refractivity contribution in [2.24, 2.45) is 0 Å². The summed E-state index contributed by atoms with van der Waals surface area (Å²) in [6.07, 6.45) is -12.2. The predicted molar refractivity (Wildman–Crippen MR) is 53.1 cm³/mol. The lowest BCUT2D eigenvalue weighted by atomic mass is 9.90. The van der Waals surface area contributed by atoms with Crippen LogP contribution in [0.25, 0.3) is 0 Å². The van der Waals surface area contributed by atoms with Crippen LogP contribution in [0.3, 0.4) is 0 Å². The van der Waals surface area contributed by atoms with Crippen molar-refractivity contribution < 1.29 is 79.0 Å². The lowest BCUT2D eigenvalue weighted by Gasteiger charge is -2.37. The maximum Gasteiger partial charge on any atom is 0.460 e. The lowest BCUT2D eigenvalue weighted by Crippen LogP contribution is -2.66. The molecule has 0 N–H and O–H groups in total. The summed E-state index contributed by atoms with van der Waals surface area (Å²) in [5.41, 5.74) is -8.84. The van der Waals surface area contributed by atoms with Crippen LogP contribution < -0.4 is 0 Å². The first kappa shape index (κ1) is 25.3. The molecule has 0 saturated carbocycles. The van der Waals surface area contributed by atoms with Gasteiger partial charge in [0.25, 0.3) is 6.08 Å². The van der Waals surface area contributed by atoms with E-state index in [4.69, 9.17) is 0 Å². The second-order valence-corrected chi connectivity index (χ2v) is 5.27. The minimum Gasteiger partial charge on any atom is -0.204 e. The third kappa shape index (κ3) is 2.87. The van der Waals surface area contributed by atoms with Gasteiger partial charge in [0.2, 0.25) is 0 Å². The summed E-state index contributed by atoms with van der Waals surface area (Å²) in [6, 6.07) is 0. The molecule has 1 aliphatic rings. The van der Waals surface area contributed by atoms with Gasteiger partial charge < -0.3 is 0 Å². The van der Waals surface area contributed by atoms with Crippen LogP contribution in [0.15, 0.2) is 23.1 Å². The van der Waals surface area contributed by atoms with Crippen LogP contribution in [0, 0.1) is 0 Å². The zero-order valence-corrected chi connectivity index (χ0v) is 12.3. The van der Waals surface area contributed by atoms with Crippen LogP contribution in [0.1, 0.15) is 0 Å². The van der Waals surface area contributed by atoms with Crippen molar-refractivity contribution in [2.45, 2.75) is 41.7 Å². The summed E-state index contributed by atoms with van der Waals surface area (Å²) < 4.78 is 231. The predicted octanol–water partition coefficient (Wildman–Crippen LogP) is 6.75. The molecule has 29 heavy (non-hydrogen) atoms. The Labute approximate surface area is 145 Å². The van der Waals surface area contributed by atoms with Gasteiger partial charge in [0.15, 0.2) is 5.83 Å². The van der Waals surface area contributed by atoms with Crippen LogP contribution in [0.2, 0.25) is 0 Å². The topological polar surface area (TPSA) is 0 Å². The molecule has 0 unspecified atom stereocenters. The van der Waals surface area contributed by atoms with Crippen molar-refractivity contribution in [1.29, 1.82) is 0 Å². The highest BCUT2D eigenvalue weighted by atomic mass is 19.4. The number of allylic oxidation sites excluding steroid dienone is 3. The SMILES string of the molecule is FC(F)=C1C(C(F)(F)C(F)(F)C(F)(F)C(F)(F)C(F)(F)F)=C(F)C(F)(F)C1(F)F. The molecule has 0 amide bonds. The van der Waals surface area contributed by atoms with Crippen molar-refractivity contribution in [3.63, 3.8) is 0 Å². The zero-order chi connectivity index (χ0) is 23.8. The van der Waals surface area contributed by atoms with E-state index >= 15 is 0 Å². The molecule has 0 nitrogen and oxygen atoms in total. The summed E-state index contributed by atoms with van der Waals surface area (Å²) in [7, 11) is 0. The summed E-state index contributed by atoms with van der Waals surface area (Å²) in [6.45, 7) is 0. The maximum atomic E-state index is 13.6. The molecule has 0 spiro atoms. The molecule has 1 rings (SSSR count). The van der Waals surface area contributed by atoms with Crippen molar-refractivity contribution in [1.82, 2.24) is 0 Å². The van der Waals surface area contributed by atoms with Crippen molar-refractivity contribution >= 4 is 0 Å². The van der Waals surface area contributed by atoms with E-state index in [0.29, 0.717) is 0 Å². The van der Waals surface area contributed by atoms with E-state index in [9.17, 15) is 79.0 Å².